The molecule has 0 unspecified atom stereocenters. The monoisotopic (exact) mass is 198 g/mol. The van der Waals surface area contributed by atoms with E-state index >= 15 is 0 Å². The zero-order chi connectivity index (χ0) is 11.0. The second kappa shape index (κ2) is 7.60. The van der Waals surface area contributed by atoms with Crippen molar-refractivity contribution in [3.05, 3.63) is 11.1 Å². The number of carbonyl (C=O) groups excluding carboxylic acids is 1. The van der Waals surface area contributed by atoms with Crippen LogP contribution in [0.4, 0.5) is 0 Å². The molecule has 0 saturated heterocycles. The number of ether oxygens (including phenoxy) is 1. The first kappa shape index (κ1) is 13.2. The predicted octanol–water partition coefficient (Wildman–Crippen LogP) is 3.47. The van der Waals surface area contributed by atoms with Crippen molar-refractivity contribution in [1.29, 1.82) is 0 Å². The van der Waals surface area contributed by atoms with Crippen molar-refractivity contribution in [1.82, 2.24) is 0 Å². The fourth-order valence-electron chi connectivity index (χ4n) is 1.24. The van der Waals surface area contributed by atoms with E-state index < -0.39 is 0 Å². The maximum absolute atomic E-state index is 11.3. The molecule has 0 aromatic heterocycles. The van der Waals surface area contributed by atoms with Gasteiger partial charge in [0.25, 0.3) is 0 Å². The van der Waals surface area contributed by atoms with Crippen LogP contribution in [0.1, 0.15) is 53.4 Å². The minimum Gasteiger partial charge on any atom is -0.463 e. The van der Waals surface area contributed by atoms with Crippen LogP contribution in [0, 0.1) is 0 Å². The van der Waals surface area contributed by atoms with Crippen LogP contribution in [-0.2, 0) is 9.53 Å². The molecule has 2 heteroatoms. The lowest BCUT2D eigenvalue weighted by Crippen LogP contribution is -2.07. The van der Waals surface area contributed by atoms with E-state index in [2.05, 4.69) is 6.92 Å². The number of hydrogen-bond acceptors (Lipinski definition) is 2. The van der Waals surface area contributed by atoms with Crippen LogP contribution < -0.4 is 0 Å². The van der Waals surface area contributed by atoms with Crippen LogP contribution in [0.25, 0.3) is 0 Å². The Kier molecular flexibility index (Phi) is 7.17. The van der Waals surface area contributed by atoms with Gasteiger partial charge >= 0.3 is 5.97 Å². The highest BCUT2D eigenvalue weighted by molar-refractivity contribution is 5.88. The highest BCUT2D eigenvalue weighted by Crippen LogP contribution is 2.13. The lowest BCUT2D eigenvalue weighted by Gasteiger charge is -2.06. The van der Waals surface area contributed by atoms with Gasteiger partial charge in [-0.15, -0.1) is 0 Å². The van der Waals surface area contributed by atoms with Crippen LogP contribution >= 0.6 is 0 Å². The molecule has 0 spiro atoms. The summed E-state index contributed by atoms with van der Waals surface area (Å²) in [6, 6.07) is 0. The summed E-state index contributed by atoms with van der Waals surface area (Å²) in [5.74, 6) is -0.165. The number of esters is 1. The van der Waals surface area contributed by atoms with Gasteiger partial charge in [0, 0.05) is 5.57 Å². The van der Waals surface area contributed by atoms with Crippen molar-refractivity contribution in [2.24, 2.45) is 0 Å². The summed E-state index contributed by atoms with van der Waals surface area (Å²) >= 11 is 0. The third-order valence-electron chi connectivity index (χ3n) is 2.38. The highest BCUT2D eigenvalue weighted by atomic mass is 16.5. The van der Waals surface area contributed by atoms with Gasteiger partial charge in [-0.2, -0.15) is 0 Å². The van der Waals surface area contributed by atoms with E-state index in [-0.39, 0.29) is 5.97 Å². The summed E-state index contributed by atoms with van der Waals surface area (Å²) in [5, 5.41) is 0. The highest BCUT2D eigenvalue weighted by Gasteiger charge is 2.07. The van der Waals surface area contributed by atoms with Gasteiger partial charge in [-0.05, 0) is 33.6 Å². The summed E-state index contributed by atoms with van der Waals surface area (Å²) < 4.78 is 4.93. The van der Waals surface area contributed by atoms with Crippen LogP contribution in [0.3, 0.4) is 0 Å². The zero-order valence-corrected chi connectivity index (χ0v) is 9.85. The van der Waals surface area contributed by atoms with Gasteiger partial charge < -0.3 is 4.74 Å². The van der Waals surface area contributed by atoms with Crippen molar-refractivity contribution in [2.75, 3.05) is 6.61 Å². The van der Waals surface area contributed by atoms with Crippen molar-refractivity contribution in [2.45, 2.75) is 53.4 Å². The van der Waals surface area contributed by atoms with Crippen LogP contribution in [0.2, 0.25) is 0 Å². The summed E-state index contributed by atoms with van der Waals surface area (Å²) in [7, 11) is 0. The van der Waals surface area contributed by atoms with E-state index in [1.54, 1.807) is 0 Å². The largest absolute Gasteiger partial charge is 0.463 e. The lowest BCUT2D eigenvalue weighted by atomic mass is 10.0. The SMILES string of the molecule is CCCCC/C(C)=C(\C)C(=O)OCC. The number of hydrogen-bond donors (Lipinski definition) is 0. The molecule has 0 rings (SSSR count). The molecular weight excluding hydrogens is 176 g/mol. The Balaban J connectivity index is 4.06. The molecule has 0 aliphatic rings. The van der Waals surface area contributed by atoms with E-state index in [0.717, 1.165) is 17.6 Å². The van der Waals surface area contributed by atoms with E-state index in [4.69, 9.17) is 4.74 Å². The van der Waals surface area contributed by atoms with Crippen molar-refractivity contribution in [3.63, 3.8) is 0 Å². The first-order valence-electron chi connectivity index (χ1n) is 5.46. The van der Waals surface area contributed by atoms with Crippen molar-refractivity contribution >= 4 is 5.97 Å². The molecule has 0 aromatic carbocycles. The second-order valence-corrected chi connectivity index (χ2v) is 3.58. The Morgan fingerprint density at radius 3 is 2.29 bits per heavy atom. The van der Waals surface area contributed by atoms with Gasteiger partial charge in [-0.3, -0.25) is 0 Å². The van der Waals surface area contributed by atoms with Gasteiger partial charge in [0.05, 0.1) is 6.61 Å². The molecule has 0 N–H and O–H groups in total. The summed E-state index contributed by atoms with van der Waals surface area (Å²) in [6.45, 7) is 8.33. The van der Waals surface area contributed by atoms with Gasteiger partial charge in [0.15, 0.2) is 0 Å². The summed E-state index contributed by atoms with van der Waals surface area (Å²) in [6.07, 6.45) is 4.62. The minimum absolute atomic E-state index is 0.165. The Morgan fingerprint density at radius 1 is 1.14 bits per heavy atom. The zero-order valence-electron chi connectivity index (χ0n) is 9.85. The normalized spacial score (nSPS) is 12.3. The van der Waals surface area contributed by atoms with Crippen molar-refractivity contribution < 1.29 is 9.53 Å². The molecule has 0 saturated carbocycles. The van der Waals surface area contributed by atoms with E-state index in [1.807, 2.05) is 20.8 Å². The molecule has 0 radical (unpaired) electrons. The third-order valence-corrected chi connectivity index (χ3v) is 2.38. The second-order valence-electron chi connectivity index (χ2n) is 3.58. The Morgan fingerprint density at radius 2 is 1.79 bits per heavy atom. The van der Waals surface area contributed by atoms with Gasteiger partial charge in [-0.25, -0.2) is 4.79 Å². The average molecular weight is 198 g/mol. The third kappa shape index (κ3) is 5.05. The molecule has 2 nitrogen and oxygen atoms in total. The molecular formula is C12H22O2. The summed E-state index contributed by atoms with van der Waals surface area (Å²) in [5.41, 5.74) is 1.94. The summed E-state index contributed by atoms with van der Waals surface area (Å²) in [4.78, 5) is 11.3. The smallest absolute Gasteiger partial charge is 0.333 e. The molecule has 0 atom stereocenters. The Labute approximate surface area is 87.3 Å². The maximum Gasteiger partial charge on any atom is 0.333 e. The van der Waals surface area contributed by atoms with E-state index in [1.165, 1.54) is 19.3 Å². The van der Waals surface area contributed by atoms with E-state index in [0.29, 0.717) is 6.61 Å². The van der Waals surface area contributed by atoms with Gasteiger partial charge in [-0.1, -0.05) is 25.3 Å². The maximum atomic E-state index is 11.3. The number of rotatable bonds is 6. The van der Waals surface area contributed by atoms with Crippen LogP contribution in [-0.4, -0.2) is 12.6 Å². The van der Waals surface area contributed by atoms with E-state index in [9.17, 15) is 4.79 Å². The topological polar surface area (TPSA) is 26.3 Å². The Hall–Kier alpha value is -0.790. The molecule has 0 aliphatic heterocycles. The molecule has 0 heterocycles. The number of carbonyl (C=O) groups is 1. The lowest BCUT2D eigenvalue weighted by molar-refractivity contribution is -0.138. The van der Waals surface area contributed by atoms with Gasteiger partial charge in [0.2, 0.25) is 0 Å². The Bertz CT molecular complexity index is 204. The first-order valence-corrected chi connectivity index (χ1v) is 5.46. The predicted molar refractivity (Wildman–Crippen MR) is 59.1 cm³/mol. The van der Waals surface area contributed by atoms with Crippen LogP contribution in [0.15, 0.2) is 11.1 Å². The fourth-order valence-corrected chi connectivity index (χ4v) is 1.24. The molecule has 0 aromatic rings. The number of allylic oxidation sites excluding steroid dienone is 1. The molecule has 0 aliphatic carbocycles. The molecule has 0 bridgehead atoms. The molecule has 0 fully saturated rings. The van der Waals surface area contributed by atoms with Crippen LogP contribution in [0.5, 0.6) is 0 Å². The minimum atomic E-state index is -0.165. The standard InChI is InChI=1S/C12H22O2/c1-5-7-8-9-10(3)11(4)12(13)14-6-2/h5-9H2,1-4H3/b11-10+. The molecule has 14 heavy (non-hydrogen) atoms. The number of unbranched alkanes of at least 4 members (excludes halogenated alkanes) is 2. The first-order chi connectivity index (χ1) is 6.63. The molecule has 0 amide bonds. The average Bonchev–Trinajstić information content (AvgIpc) is 2.17. The van der Waals surface area contributed by atoms with Crippen molar-refractivity contribution in [3.8, 4) is 0 Å². The molecule has 82 valence electrons. The fraction of sp³-hybridized carbons (Fsp3) is 0.750. The quantitative estimate of drug-likeness (QED) is 0.371. The van der Waals surface area contributed by atoms with Gasteiger partial charge in [0.1, 0.15) is 0 Å².